The lowest BCUT2D eigenvalue weighted by Crippen LogP contribution is -2.52. The van der Waals surface area contributed by atoms with E-state index in [0.29, 0.717) is 18.8 Å². The standard InChI is InChI=1S/C15H18N3O3/c19-12-9-16-14(20)18(13-7-3-1-4-8-13)15(21)17-10-5-2-6-11-17/h1,3-4,7-8H,2,5-6,9-11H2,(H,16,20). The summed E-state index contributed by atoms with van der Waals surface area (Å²) in [5, 5.41) is 2.37. The van der Waals surface area contributed by atoms with Crippen LogP contribution in [0.3, 0.4) is 0 Å². The van der Waals surface area contributed by atoms with Crippen LogP contribution in [0.5, 0.6) is 0 Å². The van der Waals surface area contributed by atoms with Crippen LogP contribution in [0.15, 0.2) is 30.3 Å². The molecule has 111 valence electrons. The van der Waals surface area contributed by atoms with E-state index in [9.17, 15) is 14.4 Å². The first kappa shape index (κ1) is 15.0. The number of imide groups is 1. The molecule has 0 atom stereocenters. The number of piperidine rings is 1. The van der Waals surface area contributed by atoms with E-state index in [1.54, 1.807) is 35.5 Å². The lowest BCUT2D eigenvalue weighted by Gasteiger charge is -2.31. The van der Waals surface area contributed by atoms with Crippen molar-refractivity contribution in [2.24, 2.45) is 0 Å². The number of carbonyl (C=O) groups excluding carboxylic acids is 3. The van der Waals surface area contributed by atoms with Gasteiger partial charge in [-0.15, -0.1) is 0 Å². The minimum absolute atomic E-state index is 0.241. The van der Waals surface area contributed by atoms with Crippen LogP contribution in [0.1, 0.15) is 19.3 Å². The summed E-state index contributed by atoms with van der Waals surface area (Å²) in [5.41, 5.74) is 0.483. The third-order valence-electron chi connectivity index (χ3n) is 3.35. The van der Waals surface area contributed by atoms with E-state index in [4.69, 9.17) is 0 Å². The number of urea groups is 2. The molecule has 2 rings (SSSR count). The minimum Gasteiger partial charge on any atom is -0.330 e. The number of hydrogen-bond donors (Lipinski definition) is 1. The van der Waals surface area contributed by atoms with Gasteiger partial charge in [0.15, 0.2) is 0 Å². The molecular formula is C15H18N3O3. The van der Waals surface area contributed by atoms with Gasteiger partial charge < -0.3 is 10.2 Å². The highest BCUT2D eigenvalue weighted by atomic mass is 16.2. The Bertz CT molecular complexity index is 498. The number of para-hydroxylation sites is 1. The van der Waals surface area contributed by atoms with Crippen molar-refractivity contribution in [1.29, 1.82) is 0 Å². The van der Waals surface area contributed by atoms with Gasteiger partial charge in [-0.1, -0.05) is 18.2 Å². The molecule has 1 radical (unpaired) electrons. The highest BCUT2D eigenvalue weighted by Crippen LogP contribution is 2.18. The Labute approximate surface area is 123 Å². The van der Waals surface area contributed by atoms with Crippen molar-refractivity contribution >= 4 is 24.0 Å². The molecule has 0 spiro atoms. The summed E-state index contributed by atoms with van der Waals surface area (Å²) in [5.74, 6) is 0. The Morgan fingerprint density at radius 3 is 2.43 bits per heavy atom. The number of nitrogens with one attached hydrogen (secondary N) is 1. The summed E-state index contributed by atoms with van der Waals surface area (Å²) < 4.78 is 0. The van der Waals surface area contributed by atoms with Crippen molar-refractivity contribution in [1.82, 2.24) is 10.2 Å². The first-order valence-corrected chi connectivity index (χ1v) is 7.01. The van der Waals surface area contributed by atoms with Gasteiger partial charge >= 0.3 is 12.1 Å². The Balaban J connectivity index is 2.20. The van der Waals surface area contributed by atoms with Crippen molar-refractivity contribution in [2.75, 3.05) is 24.5 Å². The zero-order valence-electron chi connectivity index (χ0n) is 11.7. The predicted octanol–water partition coefficient (Wildman–Crippen LogP) is 1.92. The van der Waals surface area contributed by atoms with Gasteiger partial charge in [0.2, 0.25) is 6.29 Å². The summed E-state index contributed by atoms with van der Waals surface area (Å²) in [6.07, 6.45) is 4.57. The van der Waals surface area contributed by atoms with Crippen LogP contribution in [-0.4, -0.2) is 42.9 Å². The highest BCUT2D eigenvalue weighted by molar-refractivity contribution is 6.13. The van der Waals surface area contributed by atoms with Crippen LogP contribution in [-0.2, 0) is 4.79 Å². The molecule has 1 heterocycles. The fourth-order valence-electron chi connectivity index (χ4n) is 2.31. The monoisotopic (exact) mass is 288 g/mol. The molecule has 1 aliphatic rings. The van der Waals surface area contributed by atoms with Crippen molar-refractivity contribution in [3.05, 3.63) is 30.3 Å². The van der Waals surface area contributed by atoms with Crippen LogP contribution in [0, 0.1) is 0 Å². The third kappa shape index (κ3) is 3.81. The zero-order valence-corrected chi connectivity index (χ0v) is 11.7. The quantitative estimate of drug-likeness (QED) is 0.923. The maximum atomic E-state index is 12.6. The van der Waals surface area contributed by atoms with Gasteiger partial charge in [-0.3, -0.25) is 4.79 Å². The normalized spacial score (nSPS) is 14.4. The Morgan fingerprint density at radius 2 is 1.81 bits per heavy atom. The van der Waals surface area contributed by atoms with E-state index in [0.717, 1.165) is 24.2 Å². The number of rotatable bonds is 3. The van der Waals surface area contributed by atoms with Crippen LogP contribution in [0.4, 0.5) is 15.3 Å². The molecule has 1 N–H and O–H groups in total. The van der Waals surface area contributed by atoms with Crippen LogP contribution in [0.2, 0.25) is 0 Å². The van der Waals surface area contributed by atoms with E-state index < -0.39 is 6.03 Å². The van der Waals surface area contributed by atoms with E-state index in [2.05, 4.69) is 5.32 Å². The maximum Gasteiger partial charge on any atom is 0.332 e. The van der Waals surface area contributed by atoms with Gasteiger partial charge in [0.25, 0.3) is 0 Å². The summed E-state index contributed by atoms with van der Waals surface area (Å²) in [6, 6.07) is 7.72. The summed E-state index contributed by atoms with van der Waals surface area (Å²) in [6.45, 7) is 1.06. The Kier molecular flexibility index (Phi) is 5.31. The number of anilines is 1. The summed E-state index contributed by atoms with van der Waals surface area (Å²) in [4.78, 5) is 37.8. The van der Waals surface area contributed by atoms with Gasteiger partial charge in [-0.25, -0.2) is 14.5 Å². The predicted molar refractivity (Wildman–Crippen MR) is 78.8 cm³/mol. The second-order valence-corrected chi connectivity index (χ2v) is 4.80. The van der Waals surface area contributed by atoms with Gasteiger partial charge in [0.1, 0.15) is 0 Å². The third-order valence-corrected chi connectivity index (χ3v) is 3.35. The number of benzene rings is 1. The molecule has 0 unspecified atom stereocenters. The molecule has 4 amide bonds. The van der Waals surface area contributed by atoms with Gasteiger partial charge in [-0.2, -0.15) is 0 Å². The number of amides is 4. The van der Waals surface area contributed by atoms with Crippen LogP contribution < -0.4 is 10.2 Å². The average Bonchev–Trinajstić information content (AvgIpc) is 2.55. The SMILES string of the molecule is O=[C]CNC(=O)N(C(=O)N1CCCCC1)c1ccccc1. The van der Waals surface area contributed by atoms with E-state index in [-0.39, 0.29) is 12.6 Å². The lowest BCUT2D eigenvalue weighted by molar-refractivity contribution is 0.191. The van der Waals surface area contributed by atoms with E-state index in [1.807, 2.05) is 6.07 Å². The Morgan fingerprint density at radius 1 is 1.14 bits per heavy atom. The Hall–Kier alpha value is -2.37. The summed E-state index contributed by atoms with van der Waals surface area (Å²) in [7, 11) is 0. The van der Waals surface area contributed by atoms with E-state index >= 15 is 0 Å². The van der Waals surface area contributed by atoms with Gasteiger partial charge in [0, 0.05) is 13.1 Å². The van der Waals surface area contributed by atoms with Crippen molar-refractivity contribution in [3.63, 3.8) is 0 Å². The molecule has 0 aliphatic carbocycles. The number of hydrogen-bond acceptors (Lipinski definition) is 3. The largest absolute Gasteiger partial charge is 0.332 e. The topological polar surface area (TPSA) is 69.7 Å². The smallest absolute Gasteiger partial charge is 0.330 e. The van der Waals surface area contributed by atoms with Crippen LogP contribution in [0.25, 0.3) is 0 Å². The fourth-order valence-corrected chi connectivity index (χ4v) is 2.31. The minimum atomic E-state index is -0.611. The van der Waals surface area contributed by atoms with Crippen LogP contribution >= 0.6 is 0 Å². The van der Waals surface area contributed by atoms with Crippen molar-refractivity contribution < 1.29 is 14.4 Å². The van der Waals surface area contributed by atoms with Crippen molar-refractivity contribution in [3.8, 4) is 0 Å². The van der Waals surface area contributed by atoms with Gasteiger partial charge in [0.05, 0.1) is 12.2 Å². The molecule has 1 aliphatic heterocycles. The second kappa shape index (κ2) is 7.42. The first-order valence-electron chi connectivity index (χ1n) is 7.01. The molecule has 1 saturated heterocycles. The molecule has 6 heteroatoms. The molecule has 6 nitrogen and oxygen atoms in total. The molecule has 0 aromatic heterocycles. The zero-order chi connectivity index (χ0) is 15.1. The second-order valence-electron chi connectivity index (χ2n) is 4.80. The van der Waals surface area contributed by atoms with E-state index in [1.165, 1.54) is 0 Å². The average molecular weight is 288 g/mol. The number of carbonyl (C=O) groups is 2. The van der Waals surface area contributed by atoms with Crippen molar-refractivity contribution in [2.45, 2.75) is 19.3 Å². The molecule has 1 aromatic rings. The van der Waals surface area contributed by atoms with Gasteiger partial charge in [-0.05, 0) is 31.4 Å². The molecule has 1 aromatic carbocycles. The summed E-state index contributed by atoms with van der Waals surface area (Å²) >= 11 is 0. The fraction of sp³-hybridized carbons (Fsp3) is 0.400. The molecule has 0 saturated carbocycles. The molecule has 0 bridgehead atoms. The molecule has 1 fully saturated rings. The number of likely N-dealkylation sites (tertiary alicyclic amines) is 1. The number of nitrogens with zero attached hydrogens (tertiary/aromatic N) is 2. The maximum absolute atomic E-state index is 12.6. The first-order chi connectivity index (χ1) is 10.2. The lowest BCUT2D eigenvalue weighted by atomic mass is 10.1. The highest BCUT2D eigenvalue weighted by Gasteiger charge is 2.28. The molecule has 21 heavy (non-hydrogen) atoms. The molecular weight excluding hydrogens is 270 g/mol.